The van der Waals surface area contributed by atoms with E-state index >= 15 is 0 Å². The highest BCUT2D eigenvalue weighted by Crippen LogP contribution is 2.29. The Bertz CT molecular complexity index is 828. The van der Waals surface area contributed by atoms with Gasteiger partial charge in [0.25, 0.3) is 5.91 Å². The van der Waals surface area contributed by atoms with Crippen molar-refractivity contribution in [2.24, 2.45) is 0 Å². The zero-order valence-electron chi connectivity index (χ0n) is 13.5. The number of aryl methyl sites for hydroxylation is 1. The van der Waals surface area contributed by atoms with Gasteiger partial charge in [0.15, 0.2) is 6.61 Å². The average Bonchev–Trinajstić information content (AvgIpc) is 2.61. The third kappa shape index (κ3) is 4.02. The molecule has 0 radical (unpaired) electrons. The topological polar surface area (TPSA) is 38.3 Å². The van der Waals surface area contributed by atoms with Crippen molar-refractivity contribution in [3.05, 3.63) is 84.4 Å². The molecule has 0 saturated heterocycles. The van der Waals surface area contributed by atoms with E-state index in [2.05, 4.69) is 5.32 Å². The van der Waals surface area contributed by atoms with Crippen LogP contribution < -0.4 is 10.1 Å². The molecule has 3 nitrogen and oxygen atoms in total. The summed E-state index contributed by atoms with van der Waals surface area (Å²) in [7, 11) is 0. The molecule has 0 aliphatic heterocycles. The van der Waals surface area contributed by atoms with Gasteiger partial charge in [0.2, 0.25) is 0 Å². The van der Waals surface area contributed by atoms with E-state index in [1.54, 1.807) is 0 Å². The van der Waals surface area contributed by atoms with Crippen LogP contribution in [-0.4, -0.2) is 12.5 Å². The first-order valence-corrected chi connectivity index (χ1v) is 7.86. The van der Waals surface area contributed by atoms with Crippen LogP contribution in [0.25, 0.3) is 11.1 Å². The van der Waals surface area contributed by atoms with Crippen LogP contribution >= 0.6 is 0 Å². The van der Waals surface area contributed by atoms with Gasteiger partial charge in [0, 0.05) is 11.3 Å². The number of carbonyl (C=O) groups is 1. The first kappa shape index (κ1) is 15.8. The summed E-state index contributed by atoms with van der Waals surface area (Å²) in [6, 6.07) is 25.4. The minimum absolute atomic E-state index is 0.0300. The van der Waals surface area contributed by atoms with Crippen LogP contribution in [-0.2, 0) is 4.79 Å². The lowest BCUT2D eigenvalue weighted by Crippen LogP contribution is -2.20. The smallest absolute Gasteiger partial charge is 0.262 e. The molecule has 3 aromatic rings. The predicted molar refractivity (Wildman–Crippen MR) is 97.2 cm³/mol. The Labute approximate surface area is 141 Å². The molecule has 0 saturated carbocycles. The monoisotopic (exact) mass is 317 g/mol. The Morgan fingerprint density at radius 3 is 2.46 bits per heavy atom. The Morgan fingerprint density at radius 1 is 0.917 bits per heavy atom. The molecule has 0 aliphatic rings. The second-order valence-electron chi connectivity index (χ2n) is 5.57. The summed E-state index contributed by atoms with van der Waals surface area (Å²) in [6.07, 6.45) is 0. The van der Waals surface area contributed by atoms with Gasteiger partial charge in [-0.2, -0.15) is 0 Å². The van der Waals surface area contributed by atoms with Crippen LogP contribution in [0, 0.1) is 6.92 Å². The lowest BCUT2D eigenvalue weighted by Gasteiger charge is -2.12. The minimum Gasteiger partial charge on any atom is -0.483 e. The quantitative estimate of drug-likeness (QED) is 0.742. The first-order valence-electron chi connectivity index (χ1n) is 7.86. The summed E-state index contributed by atoms with van der Waals surface area (Å²) >= 11 is 0. The maximum Gasteiger partial charge on any atom is 0.262 e. The molecule has 0 atom stereocenters. The van der Waals surface area contributed by atoms with E-state index in [1.807, 2.05) is 85.8 Å². The fourth-order valence-corrected chi connectivity index (χ4v) is 2.51. The van der Waals surface area contributed by atoms with Crippen LogP contribution in [0.15, 0.2) is 78.9 Å². The largest absolute Gasteiger partial charge is 0.483 e. The Kier molecular flexibility index (Phi) is 4.92. The summed E-state index contributed by atoms with van der Waals surface area (Å²) in [5, 5.41) is 2.85. The van der Waals surface area contributed by atoms with E-state index in [-0.39, 0.29) is 12.5 Å². The number of nitrogens with one attached hydrogen (secondary N) is 1. The third-order valence-electron chi connectivity index (χ3n) is 3.63. The van der Waals surface area contributed by atoms with E-state index in [0.29, 0.717) is 5.75 Å². The van der Waals surface area contributed by atoms with Gasteiger partial charge in [-0.05, 0) is 36.2 Å². The SMILES string of the molecule is Cc1cccc(NC(=O)COc2ccccc2-c2ccccc2)c1. The van der Waals surface area contributed by atoms with E-state index in [4.69, 9.17) is 4.74 Å². The Balaban J connectivity index is 1.68. The number of hydrogen-bond acceptors (Lipinski definition) is 2. The van der Waals surface area contributed by atoms with Gasteiger partial charge >= 0.3 is 0 Å². The summed E-state index contributed by atoms with van der Waals surface area (Å²) in [6.45, 7) is 1.96. The van der Waals surface area contributed by atoms with Crippen molar-refractivity contribution in [1.82, 2.24) is 0 Å². The number of amides is 1. The van der Waals surface area contributed by atoms with Gasteiger partial charge in [-0.25, -0.2) is 0 Å². The van der Waals surface area contributed by atoms with Gasteiger partial charge in [-0.3, -0.25) is 4.79 Å². The normalized spacial score (nSPS) is 10.2. The molecule has 0 aromatic heterocycles. The second kappa shape index (κ2) is 7.47. The molecule has 0 fully saturated rings. The van der Waals surface area contributed by atoms with Crippen molar-refractivity contribution in [1.29, 1.82) is 0 Å². The van der Waals surface area contributed by atoms with Gasteiger partial charge in [0.1, 0.15) is 5.75 Å². The summed E-state index contributed by atoms with van der Waals surface area (Å²) < 4.78 is 5.74. The van der Waals surface area contributed by atoms with Crippen molar-refractivity contribution < 1.29 is 9.53 Å². The van der Waals surface area contributed by atoms with Crippen LogP contribution in [0.2, 0.25) is 0 Å². The number of benzene rings is 3. The van der Waals surface area contributed by atoms with Crippen LogP contribution in [0.5, 0.6) is 5.75 Å². The molecule has 0 heterocycles. The molecule has 0 bridgehead atoms. The predicted octanol–water partition coefficient (Wildman–Crippen LogP) is 4.68. The molecule has 120 valence electrons. The molecule has 1 amide bonds. The van der Waals surface area contributed by atoms with E-state index < -0.39 is 0 Å². The van der Waals surface area contributed by atoms with Crippen molar-refractivity contribution in [2.75, 3.05) is 11.9 Å². The number of anilines is 1. The Morgan fingerprint density at radius 2 is 1.67 bits per heavy atom. The molecule has 24 heavy (non-hydrogen) atoms. The highest BCUT2D eigenvalue weighted by Gasteiger charge is 2.08. The molecular formula is C21H19NO2. The minimum atomic E-state index is -0.177. The Hall–Kier alpha value is -3.07. The molecule has 3 aromatic carbocycles. The lowest BCUT2D eigenvalue weighted by molar-refractivity contribution is -0.118. The lowest BCUT2D eigenvalue weighted by atomic mass is 10.1. The van der Waals surface area contributed by atoms with E-state index in [1.165, 1.54) is 0 Å². The van der Waals surface area contributed by atoms with Crippen LogP contribution in [0.3, 0.4) is 0 Å². The maximum atomic E-state index is 12.1. The molecule has 3 rings (SSSR count). The van der Waals surface area contributed by atoms with Gasteiger partial charge in [-0.1, -0.05) is 60.7 Å². The van der Waals surface area contributed by atoms with Crippen molar-refractivity contribution in [3.63, 3.8) is 0 Å². The highest BCUT2D eigenvalue weighted by atomic mass is 16.5. The molecule has 0 spiro atoms. The zero-order valence-corrected chi connectivity index (χ0v) is 13.5. The summed E-state index contributed by atoms with van der Waals surface area (Å²) in [4.78, 5) is 12.1. The average molecular weight is 317 g/mol. The zero-order chi connectivity index (χ0) is 16.8. The second-order valence-corrected chi connectivity index (χ2v) is 5.57. The standard InChI is InChI=1S/C21H19NO2/c1-16-8-7-11-18(14-16)22-21(23)15-24-20-13-6-5-12-19(20)17-9-3-2-4-10-17/h2-14H,15H2,1H3,(H,22,23). The van der Waals surface area contributed by atoms with Gasteiger partial charge in [-0.15, -0.1) is 0 Å². The third-order valence-corrected chi connectivity index (χ3v) is 3.63. The van der Waals surface area contributed by atoms with Crippen molar-refractivity contribution in [3.8, 4) is 16.9 Å². The number of hydrogen-bond donors (Lipinski definition) is 1. The molecule has 1 N–H and O–H groups in total. The van der Waals surface area contributed by atoms with Gasteiger partial charge in [0.05, 0.1) is 0 Å². The number of carbonyl (C=O) groups excluding carboxylic acids is 1. The fraction of sp³-hybridized carbons (Fsp3) is 0.0952. The van der Waals surface area contributed by atoms with Crippen molar-refractivity contribution >= 4 is 11.6 Å². The molecule has 0 aliphatic carbocycles. The van der Waals surface area contributed by atoms with Crippen LogP contribution in [0.4, 0.5) is 5.69 Å². The molecule has 3 heteroatoms. The van der Waals surface area contributed by atoms with E-state index in [0.717, 1.165) is 22.4 Å². The number of ether oxygens (including phenoxy) is 1. The number of para-hydroxylation sites is 1. The van der Waals surface area contributed by atoms with Crippen LogP contribution in [0.1, 0.15) is 5.56 Å². The first-order chi connectivity index (χ1) is 11.7. The van der Waals surface area contributed by atoms with E-state index in [9.17, 15) is 4.79 Å². The maximum absolute atomic E-state index is 12.1. The highest BCUT2D eigenvalue weighted by molar-refractivity contribution is 5.92. The fourth-order valence-electron chi connectivity index (χ4n) is 2.51. The van der Waals surface area contributed by atoms with Crippen molar-refractivity contribution in [2.45, 2.75) is 6.92 Å². The van der Waals surface area contributed by atoms with Gasteiger partial charge < -0.3 is 10.1 Å². The molecular weight excluding hydrogens is 298 g/mol. The summed E-state index contributed by atoms with van der Waals surface area (Å²) in [5.74, 6) is 0.520. The number of rotatable bonds is 5. The summed E-state index contributed by atoms with van der Waals surface area (Å²) in [5.41, 5.74) is 3.91. The molecule has 0 unspecified atom stereocenters.